The summed E-state index contributed by atoms with van der Waals surface area (Å²) in [5.41, 5.74) is 4.60. The summed E-state index contributed by atoms with van der Waals surface area (Å²) in [5, 5.41) is 18.8. The van der Waals surface area contributed by atoms with Gasteiger partial charge >= 0.3 is 6.09 Å². The average molecular weight is 536 g/mol. The first kappa shape index (κ1) is 27.1. The van der Waals surface area contributed by atoms with Crippen LogP contribution in [-0.2, 0) is 9.47 Å². The normalized spacial score (nSPS) is 17.7. The number of carbonyl (C=O) groups is 1. The van der Waals surface area contributed by atoms with Gasteiger partial charge in [0, 0.05) is 70.4 Å². The molecular formula is C28H37N7O4. The van der Waals surface area contributed by atoms with E-state index in [0.717, 1.165) is 73.8 Å². The number of aliphatic hydroxyl groups excluding tert-OH is 1. The quantitative estimate of drug-likeness (QED) is 0.428. The van der Waals surface area contributed by atoms with Crippen LogP contribution in [-0.4, -0.2) is 107 Å². The number of pyridine rings is 1. The molecule has 1 aromatic carbocycles. The zero-order valence-corrected chi connectivity index (χ0v) is 22.6. The number of fused-ring (bicyclic) bond motifs is 1. The summed E-state index contributed by atoms with van der Waals surface area (Å²) >= 11 is 0. The Labute approximate surface area is 228 Å². The molecule has 2 aromatic heterocycles. The van der Waals surface area contributed by atoms with Gasteiger partial charge in [-0.15, -0.1) is 5.10 Å². The van der Waals surface area contributed by atoms with Crippen LogP contribution < -0.4 is 5.32 Å². The van der Waals surface area contributed by atoms with Crippen LogP contribution in [0.3, 0.4) is 0 Å². The lowest BCUT2D eigenvalue weighted by Gasteiger charge is -2.37. The Morgan fingerprint density at radius 2 is 1.92 bits per heavy atom. The van der Waals surface area contributed by atoms with Crippen LogP contribution in [0.2, 0.25) is 0 Å². The van der Waals surface area contributed by atoms with Gasteiger partial charge in [-0.2, -0.15) is 4.98 Å². The van der Waals surface area contributed by atoms with Crippen molar-refractivity contribution in [3.8, 4) is 0 Å². The van der Waals surface area contributed by atoms with Crippen molar-refractivity contribution >= 4 is 28.9 Å². The Bertz CT molecular complexity index is 1280. The lowest BCUT2D eigenvalue weighted by atomic mass is 10.0. The fraction of sp³-hybridized carbons (Fsp3) is 0.464. The van der Waals surface area contributed by atoms with Gasteiger partial charge in [-0.05, 0) is 48.7 Å². The first-order valence-corrected chi connectivity index (χ1v) is 13.5. The van der Waals surface area contributed by atoms with Crippen molar-refractivity contribution in [1.82, 2.24) is 29.3 Å². The van der Waals surface area contributed by atoms with E-state index in [1.54, 1.807) is 16.5 Å². The van der Waals surface area contributed by atoms with E-state index in [1.807, 2.05) is 49.5 Å². The van der Waals surface area contributed by atoms with E-state index >= 15 is 0 Å². The molecule has 2 aliphatic rings. The van der Waals surface area contributed by atoms with Crippen molar-refractivity contribution in [3.63, 3.8) is 0 Å². The first-order chi connectivity index (χ1) is 19.1. The number of hydrogen-bond donors (Lipinski definition) is 2. The van der Waals surface area contributed by atoms with Crippen molar-refractivity contribution in [3.05, 3.63) is 59.8 Å². The maximum Gasteiger partial charge on any atom is 0.410 e. The van der Waals surface area contributed by atoms with Crippen molar-refractivity contribution in [2.45, 2.75) is 19.6 Å². The molecule has 11 heteroatoms. The van der Waals surface area contributed by atoms with Gasteiger partial charge in [0.1, 0.15) is 6.23 Å². The average Bonchev–Trinajstić information content (AvgIpc) is 3.39. The highest BCUT2D eigenvalue weighted by atomic mass is 16.6. The number of hydrogen-bond acceptors (Lipinski definition) is 9. The van der Waals surface area contributed by atoms with E-state index in [9.17, 15) is 9.90 Å². The number of ether oxygens (including phenoxy) is 2. The minimum atomic E-state index is -0.636. The molecule has 1 fully saturated rings. The molecule has 0 saturated carbocycles. The van der Waals surface area contributed by atoms with Gasteiger partial charge in [-0.1, -0.05) is 18.2 Å². The number of aliphatic hydroxyl groups is 1. The summed E-state index contributed by atoms with van der Waals surface area (Å²) in [4.78, 5) is 22.9. The molecule has 0 radical (unpaired) electrons. The molecule has 4 heterocycles. The molecule has 0 aliphatic carbocycles. The second-order valence-electron chi connectivity index (χ2n) is 9.74. The number of carbonyl (C=O) groups excluding carboxylic acids is 1. The Morgan fingerprint density at radius 1 is 1.13 bits per heavy atom. The van der Waals surface area contributed by atoms with Crippen LogP contribution in [0.15, 0.2) is 48.7 Å². The highest BCUT2D eigenvalue weighted by molar-refractivity contribution is 5.79. The van der Waals surface area contributed by atoms with Crippen LogP contribution in [0.5, 0.6) is 0 Å². The Hall–Kier alpha value is -3.51. The van der Waals surface area contributed by atoms with Gasteiger partial charge in [0.25, 0.3) is 0 Å². The third-order valence-electron chi connectivity index (χ3n) is 7.27. The van der Waals surface area contributed by atoms with Crippen molar-refractivity contribution < 1.29 is 19.4 Å². The molecule has 1 unspecified atom stereocenters. The lowest BCUT2D eigenvalue weighted by molar-refractivity contribution is -0.0299. The summed E-state index contributed by atoms with van der Waals surface area (Å²) in [5.74, 6) is 0.493. The molecule has 0 bridgehead atoms. The second-order valence-corrected chi connectivity index (χ2v) is 9.74. The monoisotopic (exact) mass is 535 g/mol. The summed E-state index contributed by atoms with van der Waals surface area (Å²) in [6, 6.07) is 11.7. The van der Waals surface area contributed by atoms with Crippen molar-refractivity contribution in [2.24, 2.45) is 0 Å². The van der Waals surface area contributed by atoms with Crippen LogP contribution in [0.1, 0.15) is 30.7 Å². The zero-order valence-electron chi connectivity index (χ0n) is 22.6. The predicted octanol–water partition coefficient (Wildman–Crippen LogP) is 2.97. The molecule has 2 N–H and O–H groups in total. The minimum Gasteiger partial charge on any atom is -0.450 e. The predicted molar refractivity (Wildman–Crippen MR) is 149 cm³/mol. The maximum atomic E-state index is 12.0. The van der Waals surface area contributed by atoms with E-state index in [-0.39, 0.29) is 6.09 Å². The van der Waals surface area contributed by atoms with Crippen molar-refractivity contribution in [2.75, 3.05) is 71.5 Å². The summed E-state index contributed by atoms with van der Waals surface area (Å²) in [6.45, 7) is 8.42. The lowest BCUT2D eigenvalue weighted by Crippen LogP contribution is -2.48. The van der Waals surface area contributed by atoms with E-state index in [4.69, 9.17) is 14.5 Å². The fourth-order valence-electron chi connectivity index (χ4n) is 5.03. The topological polar surface area (TPSA) is 108 Å². The Kier molecular flexibility index (Phi) is 8.72. The number of methoxy groups -OCH3 is 1. The second kappa shape index (κ2) is 12.6. The zero-order chi connectivity index (χ0) is 27.2. The number of benzene rings is 1. The molecule has 0 spiro atoms. The molecule has 1 amide bonds. The van der Waals surface area contributed by atoms with Gasteiger partial charge in [0.05, 0.1) is 13.2 Å². The number of nitrogens with zero attached hydrogens (tertiary/aromatic N) is 6. The molecule has 1 saturated heterocycles. The standard InChI is InChI=1S/C28H37N7O4/c1-3-39-28(37)34-13-10-21(11-14-34)24-5-4-12-35-25(24)30-27(31-35)29-23-8-6-22(7-9-23)26(36)33-17-15-32(16-18-33)19-20-38-2/h4-10,12,26,36H,3,11,13-20H2,1-2H3,(H,29,31). The molecule has 39 heavy (non-hydrogen) atoms. The van der Waals surface area contributed by atoms with Gasteiger partial charge in [-0.25, -0.2) is 9.31 Å². The number of piperazine rings is 1. The first-order valence-electron chi connectivity index (χ1n) is 13.5. The number of aromatic nitrogens is 3. The fourth-order valence-corrected chi connectivity index (χ4v) is 5.03. The van der Waals surface area contributed by atoms with E-state index in [0.29, 0.717) is 25.6 Å². The van der Waals surface area contributed by atoms with Gasteiger partial charge in [0.15, 0.2) is 5.65 Å². The van der Waals surface area contributed by atoms with Gasteiger partial charge < -0.3 is 24.8 Å². The molecule has 5 rings (SSSR count). The highest BCUT2D eigenvalue weighted by Crippen LogP contribution is 2.27. The van der Waals surface area contributed by atoms with E-state index in [1.165, 1.54) is 0 Å². The maximum absolute atomic E-state index is 12.0. The molecule has 1 atom stereocenters. The summed E-state index contributed by atoms with van der Waals surface area (Å²) < 4.78 is 12.1. The number of nitrogens with one attached hydrogen (secondary N) is 1. The molecular weight excluding hydrogens is 498 g/mol. The Morgan fingerprint density at radius 3 is 2.62 bits per heavy atom. The van der Waals surface area contributed by atoms with Crippen LogP contribution in [0.4, 0.5) is 16.4 Å². The Balaban J connectivity index is 1.22. The third-order valence-corrected chi connectivity index (χ3v) is 7.27. The molecule has 2 aliphatic heterocycles. The third kappa shape index (κ3) is 6.39. The van der Waals surface area contributed by atoms with Crippen LogP contribution >= 0.6 is 0 Å². The van der Waals surface area contributed by atoms with Gasteiger partial charge in [-0.3, -0.25) is 9.80 Å². The number of amides is 1. The van der Waals surface area contributed by atoms with Crippen LogP contribution in [0, 0.1) is 0 Å². The largest absolute Gasteiger partial charge is 0.450 e. The SMILES string of the molecule is CCOC(=O)N1CC=C(c2cccn3nc(Nc4ccc(C(O)N5CCN(CCOC)CC5)cc4)nc23)CC1. The van der Waals surface area contributed by atoms with E-state index in [2.05, 4.69) is 26.3 Å². The minimum absolute atomic E-state index is 0.279. The molecule has 11 nitrogen and oxygen atoms in total. The van der Waals surface area contributed by atoms with E-state index < -0.39 is 6.23 Å². The number of anilines is 2. The summed E-state index contributed by atoms with van der Waals surface area (Å²) in [7, 11) is 1.72. The molecule has 208 valence electrons. The number of rotatable bonds is 9. The molecule has 3 aromatic rings. The summed E-state index contributed by atoms with van der Waals surface area (Å²) in [6.07, 6.45) is 3.74. The van der Waals surface area contributed by atoms with Crippen LogP contribution in [0.25, 0.3) is 11.2 Å². The van der Waals surface area contributed by atoms with Gasteiger partial charge in [0.2, 0.25) is 5.95 Å². The van der Waals surface area contributed by atoms with Crippen molar-refractivity contribution in [1.29, 1.82) is 0 Å². The smallest absolute Gasteiger partial charge is 0.410 e. The highest BCUT2D eigenvalue weighted by Gasteiger charge is 2.24.